The summed E-state index contributed by atoms with van der Waals surface area (Å²) in [5.74, 6) is 0.681. The van der Waals surface area contributed by atoms with Gasteiger partial charge in [-0.25, -0.2) is 9.40 Å². The van der Waals surface area contributed by atoms with Crippen molar-refractivity contribution in [2.45, 2.75) is 30.2 Å². The van der Waals surface area contributed by atoms with Crippen molar-refractivity contribution in [3.63, 3.8) is 0 Å². The van der Waals surface area contributed by atoms with Gasteiger partial charge in [0.25, 0.3) is 0 Å². The van der Waals surface area contributed by atoms with E-state index in [9.17, 15) is 5.11 Å². The van der Waals surface area contributed by atoms with Crippen LogP contribution in [0, 0.1) is 5.92 Å². The minimum atomic E-state index is -1.10. The molecule has 114 valence electrons. The van der Waals surface area contributed by atoms with Gasteiger partial charge in [0, 0.05) is 31.4 Å². The van der Waals surface area contributed by atoms with E-state index < -0.39 is 5.60 Å². The Hall–Kier alpha value is -0.810. The number of nitrogens with zero attached hydrogens (tertiary/aromatic N) is 2. The van der Waals surface area contributed by atoms with Gasteiger partial charge in [0.15, 0.2) is 0 Å². The minimum absolute atomic E-state index is 0.000657. The SMILES string of the molecule is OC(C1=CCC(Cl)C=C1)(c1ncc[nH]1)C1CCN(Cl)CC1. The van der Waals surface area contributed by atoms with Gasteiger partial charge < -0.3 is 10.1 Å². The average molecular weight is 328 g/mol. The molecule has 3 rings (SSSR count). The van der Waals surface area contributed by atoms with E-state index in [1.807, 2.05) is 18.2 Å². The number of halogens is 2. The van der Waals surface area contributed by atoms with Crippen molar-refractivity contribution in [1.29, 1.82) is 0 Å². The Labute approximate surface area is 134 Å². The van der Waals surface area contributed by atoms with Crippen LogP contribution in [0.1, 0.15) is 25.1 Å². The number of aliphatic hydroxyl groups is 1. The summed E-state index contributed by atoms with van der Waals surface area (Å²) in [7, 11) is 0. The molecule has 4 nitrogen and oxygen atoms in total. The molecule has 0 spiro atoms. The number of aromatic amines is 1. The number of imidazole rings is 1. The lowest BCUT2D eigenvalue weighted by molar-refractivity contribution is -0.0130. The van der Waals surface area contributed by atoms with Crippen molar-refractivity contribution < 1.29 is 5.11 Å². The number of alkyl halides is 1. The number of hydrogen-bond acceptors (Lipinski definition) is 3. The summed E-state index contributed by atoms with van der Waals surface area (Å²) in [5, 5.41) is 11.5. The summed E-state index contributed by atoms with van der Waals surface area (Å²) in [6.07, 6.45) is 11.7. The van der Waals surface area contributed by atoms with Crippen molar-refractivity contribution in [2.24, 2.45) is 5.92 Å². The number of piperidine rings is 1. The molecule has 6 heteroatoms. The van der Waals surface area contributed by atoms with Gasteiger partial charge in [-0.3, -0.25) is 0 Å². The Kier molecular flexibility index (Phi) is 4.41. The number of allylic oxidation sites excluding steroid dienone is 2. The maximum absolute atomic E-state index is 11.5. The summed E-state index contributed by atoms with van der Waals surface area (Å²) in [4.78, 5) is 7.40. The number of aromatic nitrogens is 2. The highest BCUT2D eigenvalue weighted by Crippen LogP contribution is 2.42. The Balaban J connectivity index is 1.94. The molecule has 2 N–H and O–H groups in total. The molecule has 1 aliphatic heterocycles. The fourth-order valence-corrected chi connectivity index (χ4v) is 3.54. The van der Waals surface area contributed by atoms with Crippen LogP contribution in [0.25, 0.3) is 0 Å². The fraction of sp³-hybridized carbons (Fsp3) is 0.533. The van der Waals surface area contributed by atoms with Gasteiger partial charge in [-0.2, -0.15) is 0 Å². The van der Waals surface area contributed by atoms with Crippen LogP contribution in [0.3, 0.4) is 0 Å². The van der Waals surface area contributed by atoms with Gasteiger partial charge in [0.1, 0.15) is 11.4 Å². The molecule has 2 atom stereocenters. The standard InChI is InChI=1S/C15H19Cl2N3O/c16-13-3-1-11(2-4-13)15(21,14-18-7-8-19-14)12-5-9-20(17)10-6-12/h1-3,7-8,12-13,21H,4-6,9-10H2,(H,18,19). The quantitative estimate of drug-likeness (QED) is 0.663. The van der Waals surface area contributed by atoms with Crippen LogP contribution in [0.4, 0.5) is 0 Å². The van der Waals surface area contributed by atoms with E-state index in [0.717, 1.165) is 37.9 Å². The van der Waals surface area contributed by atoms with E-state index in [0.29, 0.717) is 5.82 Å². The summed E-state index contributed by atoms with van der Waals surface area (Å²) >= 11 is 12.1. The second kappa shape index (κ2) is 6.13. The first-order valence-corrected chi connectivity index (χ1v) is 8.04. The summed E-state index contributed by atoms with van der Waals surface area (Å²) < 4.78 is 1.78. The molecule has 0 radical (unpaired) electrons. The summed E-state index contributed by atoms with van der Waals surface area (Å²) in [6.45, 7) is 1.54. The largest absolute Gasteiger partial charge is 0.377 e. The predicted molar refractivity (Wildman–Crippen MR) is 84.1 cm³/mol. The zero-order chi connectivity index (χ0) is 14.9. The Bertz CT molecular complexity index is 535. The van der Waals surface area contributed by atoms with Crippen molar-refractivity contribution in [3.8, 4) is 0 Å². The van der Waals surface area contributed by atoms with E-state index in [1.165, 1.54) is 0 Å². The molecule has 0 aromatic carbocycles. The molecule has 2 aliphatic rings. The van der Waals surface area contributed by atoms with E-state index in [1.54, 1.807) is 16.8 Å². The van der Waals surface area contributed by atoms with Crippen molar-refractivity contribution >= 4 is 23.4 Å². The summed E-state index contributed by atoms with van der Waals surface area (Å²) in [6, 6.07) is 0. The third-order valence-electron chi connectivity index (χ3n) is 4.38. The van der Waals surface area contributed by atoms with Crippen molar-refractivity contribution in [1.82, 2.24) is 14.4 Å². The smallest absolute Gasteiger partial charge is 0.149 e. The molecule has 1 fully saturated rings. The minimum Gasteiger partial charge on any atom is -0.377 e. The van der Waals surface area contributed by atoms with Gasteiger partial charge in [0.05, 0.1) is 5.38 Å². The van der Waals surface area contributed by atoms with Crippen molar-refractivity contribution in [3.05, 3.63) is 42.0 Å². The first-order valence-electron chi connectivity index (χ1n) is 7.26. The van der Waals surface area contributed by atoms with E-state index in [2.05, 4.69) is 9.97 Å². The molecule has 0 bridgehead atoms. The number of H-pyrrole nitrogens is 1. The molecule has 1 aromatic rings. The van der Waals surface area contributed by atoms with Gasteiger partial charge in [0.2, 0.25) is 0 Å². The second-order valence-corrected chi connectivity index (χ2v) is 6.70. The number of hydrogen-bond donors (Lipinski definition) is 2. The maximum Gasteiger partial charge on any atom is 0.149 e. The van der Waals surface area contributed by atoms with Crippen LogP contribution in [-0.2, 0) is 5.60 Å². The van der Waals surface area contributed by atoms with Gasteiger partial charge in [-0.05, 0) is 36.6 Å². The normalized spacial score (nSPS) is 27.4. The van der Waals surface area contributed by atoms with Crippen LogP contribution in [0.15, 0.2) is 36.2 Å². The number of nitrogens with one attached hydrogen (secondary N) is 1. The van der Waals surface area contributed by atoms with Crippen LogP contribution in [-0.4, -0.2) is 38.0 Å². The lowest BCUT2D eigenvalue weighted by Crippen LogP contribution is -2.43. The lowest BCUT2D eigenvalue weighted by Gasteiger charge is -2.40. The highest BCUT2D eigenvalue weighted by atomic mass is 35.5. The average Bonchev–Trinajstić information content (AvgIpc) is 3.02. The lowest BCUT2D eigenvalue weighted by atomic mass is 9.74. The molecule has 21 heavy (non-hydrogen) atoms. The molecule has 1 aliphatic carbocycles. The molecular formula is C15H19Cl2N3O. The van der Waals surface area contributed by atoms with E-state index in [-0.39, 0.29) is 11.3 Å². The second-order valence-electron chi connectivity index (χ2n) is 5.66. The maximum atomic E-state index is 11.5. The third-order valence-corrected chi connectivity index (χ3v) is 5.04. The Morgan fingerprint density at radius 1 is 1.38 bits per heavy atom. The Morgan fingerprint density at radius 2 is 2.14 bits per heavy atom. The summed E-state index contributed by atoms with van der Waals surface area (Å²) in [5.41, 5.74) is -0.225. The third kappa shape index (κ3) is 2.90. The van der Waals surface area contributed by atoms with Crippen LogP contribution in [0.5, 0.6) is 0 Å². The number of rotatable bonds is 3. The zero-order valence-corrected chi connectivity index (χ0v) is 13.2. The van der Waals surface area contributed by atoms with Crippen LogP contribution in [0.2, 0.25) is 0 Å². The predicted octanol–water partition coefficient (Wildman–Crippen LogP) is 2.96. The fourth-order valence-electron chi connectivity index (χ4n) is 3.18. The molecule has 2 unspecified atom stereocenters. The molecule has 0 saturated carbocycles. The van der Waals surface area contributed by atoms with Crippen molar-refractivity contribution in [2.75, 3.05) is 13.1 Å². The first kappa shape index (κ1) is 15.1. The molecule has 1 aromatic heterocycles. The molecule has 0 amide bonds. The van der Waals surface area contributed by atoms with Gasteiger partial charge in [-0.1, -0.05) is 18.2 Å². The highest BCUT2D eigenvalue weighted by molar-refractivity contribution is 6.22. The van der Waals surface area contributed by atoms with Gasteiger partial charge >= 0.3 is 0 Å². The monoisotopic (exact) mass is 327 g/mol. The van der Waals surface area contributed by atoms with Gasteiger partial charge in [-0.15, -0.1) is 11.6 Å². The zero-order valence-electron chi connectivity index (χ0n) is 11.7. The molecule has 2 heterocycles. The molecule has 1 saturated heterocycles. The highest BCUT2D eigenvalue weighted by Gasteiger charge is 2.44. The van der Waals surface area contributed by atoms with Crippen LogP contribution < -0.4 is 0 Å². The van der Waals surface area contributed by atoms with E-state index in [4.69, 9.17) is 23.4 Å². The topological polar surface area (TPSA) is 52.2 Å². The van der Waals surface area contributed by atoms with Crippen LogP contribution >= 0.6 is 23.4 Å². The first-order chi connectivity index (χ1) is 10.1. The van der Waals surface area contributed by atoms with E-state index >= 15 is 0 Å². The molecular weight excluding hydrogens is 309 g/mol. The Morgan fingerprint density at radius 3 is 2.71 bits per heavy atom.